The van der Waals surface area contributed by atoms with Gasteiger partial charge in [0, 0.05) is 19.1 Å². The number of hydrogen-bond donors (Lipinski definition) is 0. The first kappa shape index (κ1) is 23.5. The molecule has 0 aromatic heterocycles. The Hall–Kier alpha value is -2.13. The van der Waals surface area contributed by atoms with Gasteiger partial charge in [-0.05, 0) is 63.0 Å². The van der Waals surface area contributed by atoms with Gasteiger partial charge < -0.3 is 4.74 Å². The molecule has 1 fully saturated rings. The maximum atomic E-state index is 13.3. The zero-order valence-electron chi connectivity index (χ0n) is 19.9. The average Bonchev–Trinajstić information content (AvgIpc) is 2.73. The minimum atomic E-state index is -0.458. The van der Waals surface area contributed by atoms with E-state index in [1.165, 1.54) is 11.1 Å². The molecule has 0 saturated heterocycles. The Kier molecular flexibility index (Phi) is 7.94. The molecule has 0 N–H and O–H groups in total. The maximum absolute atomic E-state index is 13.3. The lowest BCUT2D eigenvalue weighted by molar-refractivity contribution is -0.165. The molecule has 0 heterocycles. The third-order valence-corrected chi connectivity index (χ3v) is 6.44. The van der Waals surface area contributed by atoms with Crippen molar-refractivity contribution >= 4 is 5.97 Å². The second-order valence-electron chi connectivity index (χ2n) is 10.4. The van der Waals surface area contributed by atoms with Gasteiger partial charge in [0.1, 0.15) is 5.60 Å². The molecule has 3 rings (SSSR count). The van der Waals surface area contributed by atoms with E-state index in [2.05, 4.69) is 79.4 Å². The van der Waals surface area contributed by atoms with Gasteiger partial charge in [-0.15, -0.1) is 0 Å². The van der Waals surface area contributed by atoms with Gasteiger partial charge >= 0.3 is 5.97 Å². The Morgan fingerprint density at radius 1 is 0.935 bits per heavy atom. The third kappa shape index (κ3) is 6.93. The highest BCUT2D eigenvalue weighted by Crippen LogP contribution is 2.38. The Morgan fingerprint density at radius 2 is 1.45 bits per heavy atom. The number of ether oxygens (including phenoxy) is 1. The molecule has 2 aromatic carbocycles. The molecule has 31 heavy (non-hydrogen) atoms. The molecule has 1 saturated carbocycles. The van der Waals surface area contributed by atoms with Gasteiger partial charge in [-0.25, -0.2) is 0 Å². The van der Waals surface area contributed by atoms with Crippen LogP contribution in [0.2, 0.25) is 0 Å². The van der Waals surface area contributed by atoms with E-state index >= 15 is 0 Å². The van der Waals surface area contributed by atoms with Crippen molar-refractivity contribution in [3.05, 3.63) is 71.8 Å². The highest BCUT2D eigenvalue weighted by molar-refractivity contribution is 5.74. The summed E-state index contributed by atoms with van der Waals surface area (Å²) < 4.78 is 5.89. The number of benzene rings is 2. The first-order chi connectivity index (χ1) is 14.7. The van der Waals surface area contributed by atoms with Crippen molar-refractivity contribution in [1.82, 2.24) is 4.90 Å². The van der Waals surface area contributed by atoms with E-state index < -0.39 is 5.60 Å². The molecule has 0 unspecified atom stereocenters. The Morgan fingerprint density at radius 3 is 1.90 bits per heavy atom. The normalized spacial score (nSPS) is 22.0. The molecule has 3 heteroatoms. The third-order valence-electron chi connectivity index (χ3n) is 6.44. The predicted molar refractivity (Wildman–Crippen MR) is 127 cm³/mol. The molecule has 3 nitrogen and oxygen atoms in total. The summed E-state index contributed by atoms with van der Waals surface area (Å²) in [5, 5.41) is 0. The number of hydrogen-bond acceptors (Lipinski definition) is 3. The zero-order valence-corrected chi connectivity index (χ0v) is 19.9. The Labute approximate surface area is 188 Å². The van der Waals surface area contributed by atoms with Crippen molar-refractivity contribution in [2.75, 3.05) is 0 Å². The van der Waals surface area contributed by atoms with E-state index in [9.17, 15) is 4.79 Å². The van der Waals surface area contributed by atoms with Gasteiger partial charge in [0.05, 0.1) is 5.92 Å². The van der Waals surface area contributed by atoms with Crippen molar-refractivity contribution in [2.24, 2.45) is 17.8 Å². The predicted octanol–water partition coefficient (Wildman–Crippen LogP) is 6.47. The molecule has 0 aliphatic heterocycles. The highest BCUT2D eigenvalue weighted by Gasteiger charge is 2.41. The molecule has 0 radical (unpaired) electrons. The minimum absolute atomic E-state index is 0.0363. The summed E-state index contributed by atoms with van der Waals surface area (Å²) in [6.07, 6.45) is 3.05. The molecule has 1 aliphatic rings. The molecule has 3 atom stereocenters. The molecule has 0 amide bonds. The number of esters is 1. The Balaban J connectivity index is 1.91. The lowest BCUT2D eigenvalue weighted by atomic mass is 9.73. The van der Waals surface area contributed by atoms with E-state index in [4.69, 9.17) is 4.74 Å². The van der Waals surface area contributed by atoms with Gasteiger partial charge in [-0.3, -0.25) is 9.69 Å². The summed E-state index contributed by atoms with van der Waals surface area (Å²) in [6.45, 7) is 12.2. The number of rotatable bonds is 7. The lowest BCUT2D eigenvalue weighted by Crippen LogP contribution is -2.48. The maximum Gasteiger partial charge on any atom is 0.311 e. The van der Waals surface area contributed by atoms with Gasteiger partial charge in [0.2, 0.25) is 0 Å². The standard InChI is InChI=1S/C28H39NO2/c1-21(2)24-16-17-25(27(30)31-28(3,4)5)26(18-24)29(19-22-12-8-6-9-13-22)20-23-14-10-7-11-15-23/h6-15,21,24-26H,16-20H2,1-5H3/t24-,25-,26+/m0/s1. The Bertz CT molecular complexity index is 768. The molecule has 0 bridgehead atoms. The van der Waals surface area contributed by atoms with E-state index in [1.54, 1.807) is 0 Å². The molecule has 168 valence electrons. The van der Waals surface area contributed by atoms with Crippen molar-refractivity contribution in [3.8, 4) is 0 Å². The molecule has 1 aliphatic carbocycles. The van der Waals surface area contributed by atoms with E-state index in [-0.39, 0.29) is 17.9 Å². The summed E-state index contributed by atoms with van der Waals surface area (Å²) in [4.78, 5) is 15.8. The monoisotopic (exact) mass is 421 g/mol. The highest BCUT2D eigenvalue weighted by atomic mass is 16.6. The summed E-state index contributed by atoms with van der Waals surface area (Å²) in [7, 11) is 0. The van der Waals surface area contributed by atoms with E-state index in [0.717, 1.165) is 32.4 Å². The number of nitrogens with zero attached hydrogens (tertiary/aromatic N) is 1. The van der Waals surface area contributed by atoms with Gasteiger partial charge in [0.15, 0.2) is 0 Å². The fraction of sp³-hybridized carbons (Fsp3) is 0.536. The van der Waals surface area contributed by atoms with Crippen LogP contribution in [0.1, 0.15) is 65.0 Å². The summed E-state index contributed by atoms with van der Waals surface area (Å²) in [5.74, 6) is 1.14. The van der Waals surface area contributed by atoms with Crippen molar-refractivity contribution in [2.45, 2.75) is 78.6 Å². The summed E-state index contributed by atoms with van der Waals surface area (Å²) in [5.41, 5.74) is 2.11. The van der Waals surface area contributed by atoms with Crippen LogP contribution in [0.5, 0.6) is 0 Å². The van der Waals surface area contributed by atoms with Crippen LogP contribution in [0.4, 0.5) is 0 Å². The molecular formula is C28H39NO2. The van der Waals surface area contributed by atoms with Crippen molar-refractivity contribution in [1.29, 1.82) is 0 Å². The van der Waals surface area contributed by atoms with Crippen LogP contribution in [0.3, 0.4) is 0 Å². The van der Waals surface area contributed by atoms with Crippen LogP contribution < -0.4 is 0 Å². The zero-order chi connectivity index (χ0) is 22.4. The van der Waals surface area contributed by atoms with Crippen LogP contribution in [0, 0.1) is 17.8 Å². The molecular weight excluding hydrogens is 382 g/mol. The van der Waals surface area contributed by atoms with Crippen LogP contribution in [-0.4, -0.2) is 22.5 Å². The van der Waals surface area contributed by atoms with Gasteiger partial charge in [0.25, 0.3) is 0 Å². The van der Waals surface area contributed by atoms with Gasteiger partial charge in [-0.2, -0.15) is 0 Å². The van der Waals surface area contributed by atoms with Crippen molar-refractivity contribution in [3.63, 3.8) is 0 Å². The second-order valence-corrected chi connectivity index (χ2v) is 10.4. The summed E-state index contributed by atoms with van der Waals surface area (Å²) >= 11 is 0. The van der Waals surface area contributed by atoms with Gasteiger partial charge in [-0.1, -0.05) is 74.5 Å². The van der Waals surface area contributed by atoms with E-state index in [1.807, 2.05) is 20.8 Å². The largest absolute Gasteiger partial charge is 0.460 e. The van der Waals surface area contributed by atoms with E-state index in [0.29, 0.717) is 11.8 Å². The topological polar surface area (TPSA) is 29.5 Å². The first-order valence-electron chi connectivity index (χ1n) is 11.8. The van der Waals surface area contributed by atoms with Crippen LogP contribution >= 0.6 is 0 Å². The number of carbonyl (C=O) groups excluding carboxylic acids is 1. The molecule has 0 spiro atoms. The minimum Gasteiger partial charge on any atom is -0.460 e. The summed E-state index contributed by atoms with van der Waals surface area (Å²) in [6, 6.07) is 21.4. The molecule has 2 aromatic rings. The lowest BCUT2D eigenvalue weighted by Gasteiger charge is -2.43. The van der Waals surface area contributed by atoms with Crippen molar-refractivity contribution < 1.29 is 9.53 Å². The quantitative estimate of drug-likeness (QED) is 0.480. The fourth-order valence-corrected chi connectivity index (χ4v) is 4.77. The van der Waals surface area contributed by atoms with Crippen LogP contribution in [0.25, 0.3) is 0 Å². The number of carbonyl (C=O) groups is 1. The average molecular weight is 422 g/mol. The second kappa shape index (κ2) is 10.5. The fourth-order valence-electron chi connectivity index (χ4n) is 4.77. The first-order valence-corrected chi connectivity index (χ1v) is 11.8. The SMILES string of the molecule is CC(C)[C@H]1CC[C@H](C(=O)OC(C)(C)C)[C@H](N(Cc2ccccc2)Cc2ccccc2)C1. The van der Waals surface area contributed by atoms with Crippen LogP contribution in [-0.2, 0) is 22.6 Å². The van der Waals surface area contributed by atoms with Crippen LogP contribution in [0.15, 0.2) is 60.7 Å². The smallest absolute Gasteiger partial charge is 0.311 e.